The molecule has 3 heterocycles. The van der Waals surface area contributed by atoms with Gasteiger partial charge in [-0.05, 0) is 24.5 Å². The van der Waals surface area contributed by atoms with Crippen LogP contribution in [0.3, 0.4) is 0 Å². The average Bonchev–Trinajstić information content (AvgIpc) is 2.90. The van der Waals surface area contributed by atoms with E-state index in [1.165, 1.54) is 6.20 Å². The number of amides is 1. The molecule has 1 aromatic carbocycles. The van der Waals surface area contributed by atoms with Crippen molar-refractivity contribution in [1.29, 1.82) is 0 Å². The maximum atomic E-state index is 13.0. The van der Waals surface area contributed by atoms with Crippen LogP contribution in [0.4, 0.5) is 5.82 Å². The van der Waals surface area contributed by atoms with Crippen molar-refractivity contribution >= 4 is 11.7 Å². The van der Waals surface area contributed by atoms with Gasteiger partial charge in [0.1, 0.15) is 5.75 Å². The number of carbonyl (C=O) groups is 1. The third kappa shape index (κ3) is 3.29. The zero-order valence-electron chi connectivity index (χ0n) is 14.6. The molecule has 0 radical (unpaired) electrons. The van der Waals surface area contributed by atoms with Gasteiger partial charge in [0.25, 0.3) is 5.56 Å². The van der Waals surface area contributed by atoms with E-state index in [2.05, 4.69) is 9.97 Å². The van der Waals surface area contributed by atoms with Crippen molar-refractivity contribution in [3.05, 3.63) is 52.6 Å². The fourth-order valence-electron chi connectivity index (χ4n) is 3.67. The number of nitrogens with one attached hydrogen (secondary N) is 1. The first kappa shape index (κ1) is 16.6. The zero-order chi connectivity index (χ0) is 17.9. The van der Waals surface area contributed by atoms with Crippen molar-refractivity contribution in [3.8, 4) is 5.75 Å². The largest absolute Gasteiger partial charge is 0.493 e. The molecule has 0 aliphatic carbocycles. The van der Waals surface area contributed by atoms with Gasteiger partial charge in [-0.3, -0.25) is 9.59 Å². The van der Waals surface area contributed by atoms with Crippen LogP contribution in [-0.4, -0.2) is 53.6 Å². The molecule has 0 spiro atoms. The van der Waals surface area contributed by atoms with Crippen molar-refractivity contribution in [3.63, 3.8) is 0 Å². The molecule has 136 valence electrons. The molecular formula is C19H22N4O3. The summed E-state index contributed by atoms with van der Waals surface area (Å²) in [5.41, 5.74) is 0.909. The van der Waals surface area contributed by atoms with Crippen LogP contribution in [0.15, 0.2) is 41.5 Å². The monoisotopic (exact) mass is 354 g/mol. The van der Waals surface area contributed by atoms with Gasteiger partial charge in [-0.2, -0.15) is 0 Å². The van der Waals surface area contributed by atoms with Gasteiger partial charge in [0, 0.05) is 44.5 Å². The number of hydrogen-bond donors (Lipinski definition) is 1. The molecule has 1 amide bonds. The molecule has 26 heavy (non-hydrogen) atoms. The summed E-state index contributed by atoms with van der Waals surface area (Å²) in [6.45, 7) is 3.01. The molecule has 2 aliphatic heterocycles. The van der Waals surface area contributed by atoms with E-state index in [9.17, 15) is 9.59 Å². The fourth-order valence-corrected chi connectivity index (χ4v) is 3.67. The summed E-state index contributed by atoms with van der Waals surface area (Å²) < 4.78 is 5.78. The Kier molecular flexibility index (Phi) is 4.60. The lowest BCUT2D eigenvalue weighted by molar-refractivity contribution is -0.136. The highest BCUT2D eigenvalue weighted by atomic mass is 16.5. The number of aromatic amines is 1. The van der Waals surface area contributed by atoms with Crippen LogP contribution in [0, 0.1) is 5.92 Å². The summed E-state index contributed by atoms with van der Waals surface area (Å²) in [6.07, 6.45) is 4.55. The number of rotatable bonds is 2. The van der Waals surface area contributed by atoms with Gasteiger partial charge in [-0.1, -0.05) is 18.2 Å². The Morgan fingerprint density at radius 2 is 2.00 bits per heavy atom. The molecule has 2 aliphatic rings. The van der Waals surface area contributed by atoms with Crippen LogP contribution in [0.5, 0.6) is 5.75 Å². The Labute approximate surface area is 151 Å². The number of aromatic nitrogens is 2. The van der Waals surface area contributed by atoms with Gasteiger partial charge in [-0.15, -0.1) is 0 Å². The Morgan fingerprint density at radius 1 is 1.19 bits per heavy atom. The third-order valence-electron chi connectivity index (χ3n) is 5.09. The van der Waals surface area contributed by atoms with Crippen LogP contribution in [0.2, 0.25) is 0 Å². The number of benzene rings is 1. The Balaban J connectivity index is 1.41. The Morgan fingerprint density at radius 3 is 2.81 bits per heavy atom. The van der Waals surface area contributed by atoms with E-state index in [1.54, 1.807) is 6.20 Å². The lowest BCUT2D eigenvalue weighted by Gasteiger charge is -2.36. The maximum absolute atomic E-state index is 13.0. The van der Waals surface area contributed by atoms with Crippen molar-refractivity contribution in [2.45, 2.75) is 12.8 Å². The predicted octanol–water partition coefficient (Wildman–Crippen LogP) is 1.06. The van der Waals surface area contributed by atoms with Crippen LogP contribution < -0.4 is 15.2 Å². The van der Waals surface area contributed by atoms with Crippen LogP contribution in [0.1, 0.15) is 12.0 Å². The van der Waals surface area contributed by atoms with Gasteiger partial charge in [0.05, 0.1) is 6.61 Å². The van der Waals surface area contributed by atoms with Crippen molar-refractivity contribution in [1.82, 2.24) is 14.9 Å². The summed E-state index contributed by atoms with van der Waals surface area (Å²) in [5, 5.41) is 0. The third-order valence-corrected chi connectivity index (χ3v) is 5.09. The summed E-state index contributed by atoms with van der Waals surface area (Å²) in [7, 11) is 0. The molecule has 0 unspecified atom stereocenters. The van der Waals surface area contributed by atoms with Gasteiger partial charge >= 0.3 is 0 Å². The lowest BCUT2D eigenvalue weighted by Crippen LogP contribution is -2.51. The standard InChI is InChI=1S/C19H22N4O3/c24-18-17(20-6-7-21-18)22-8-10-23(11-9-22)19(25)15-5-12-26-16-4-2-1-3-14(16)13-15/h1-4,6-7,15H,5,8-13H2,(H,21,24)/t15-/m1/s1. The van der Waals surface area contributed by atoms with Crippen LogP contribution in [0.25, 0.3) is 0 Å². The molecule has 4 rings (SSSR count). The van der Waals surface area contributed by atoms with Gasteiger partial charge in [0.15, 0.2) is 5.82 Å². The van der Waals surface area contributed by atoms with E-state index < -0.39 is 0 Å². The number of para-hydroxylation sites is 1. The maximum Gasteiger partial charge on any atom is 0.290 e. The molecule has 1 fully saturated rings. The number of nitrogens with zero attached hydrogens (tertiary/aromatic N) is 3. The molecule has 1 N–H and O–H groups in total. The molecule has 2 aromatic rings. The number of hydrogen-bond acceptors (Lipinski definition) is 5. The van der Waals surface area contributed by atoms with Gasteiger partial charge in [-0.25, -0.2) is 4.98 Å². The van der Waals surface area contributed by atoms with E-state index >= 15 is 0 Å². The minimum atomic E-state index is -0.190. The van der Waals surface area contributed by atoms with Crippen LogP contribution >= 0.6 is 0 Å². The fraction of sp³-hybridized carbons (Fsp3) is 0.421. The van der Waals surface area contributed by atoms with Gasteiger partial charge in [0.2, 0.25) is 5.91 Å². The quantitative estimate of drug-likeness (QED) is 0.872. The van der Waals surface area contributed by atoms with E-state index in [-0.39, 0.29) is 17.4 Å². The van der Waals surface area contributed by atoms with E-state index in [0.717, 1.165) is 24.2 Å². The number of fused-ring (bicyclic) bond motifs is 1. The summed E-state index contributed by atoms with van der Waals surface area (Å²) in [4.78, 5) is 35.5. The smallest absolute Gasteiger partial charge is 0.290 e. The molecule has 0 saturated carbocycles. The van der Waals surface area contributed by atoms with Crippen molar-refractivity contribution in [2.24, 2.45) is 5.92 Å². The minimum absolute atomic E-state index is 0.0524. The molecule has 0 bridgehead atoms. The van der Waals surface area contributed by atoms with Crippen molar-refractivity contribution in [2.75, 3.05) is 37.7 Å². The topological polar surface area (TPSA) is 78.5 Å². The Hall–Kier alpha value is -2.83. The second kappa shape index (κ2) is 7.19. The normalized spacial score (nSPS) is 20.1. The average molecular weight is 354 g/mol. The molecule has 1 aromatic heterocycles. The molecule has 1 saturated heterocycles. The number of anilines is 1. The molecule has 1 atom stereocenters. The number of ether oxygens (including phenoxy) is 1. The summed E-state index contributed by atoms with van der Waals surface area (Å²) in [5.74, 6) is 1.45. The first-order chi connectivity index (χ1) is 12.7. The number of piperazine rings is 1. The first-order valence-corrected chi connectivity index (χ1v) is 9.00. The van der Waals surface area contributed by atoms with E-state index in [1.807, 2.05) is 34.1 Å². The first-order valence-electron chi connectivity index (χ1n) is 9.00. The van der Waals surface area contributed by atoms with E-state index in [0.29, 0.717) is 38.6 Å². The molecule has 7 heteroatoms. The molecular weight excluding hydrogens is 332 g/mol. The lowest BCUT2D eigenvalue weighted by atomic mass is 9.95. The second-order valence-corrected chi connectivity index (χ2v) is 6.70. The summed E-state index contributed by atoms with van der Waals surface area (Å²) in [6, 6.07) is 7.94. The van der Waals surface area contributed by atoms with Crippen molar-refractivity contribution < 1.29 is 9.53 Å². The second-order valence-electron chi connectivity index (χ2n) is 6.70. The zero-order valence-corrected chi connectivity index (χ0v) is 14.6. The molecule has 7 nitrogen and oxygen atoms in total. The van der Waals surface area contributed by atoms with E-state index in [4.69, 9.17) is 4.74 Å². The predicted molar refractivity (Wildman–Crippen MR) is 97.4 cm³/mol. The van der Waals surface area contributed by atoms with Crippen LogP contribution in [-0.2, 0) is 11.2 Å². The highest BCUT2D eigenvalue weighted by Crippen LogP contribution is 2.28. The Bertz CT molecular complexity index is 842. The number of carbonyl (C=O) groups excluding carboxylic acids is 1. The summed E-state index contributed by atoms with van der Waals surface area (Å²) >= 11 is 0. The highest BCUT2D eigenvalue weighted by molar-refractivity contribution is 5.79. The van der Waals surface area contributed by atoms with Gasteiger partial charge < -0.3 is 19.5 Å². The number of H-pyrrole nitrogens is 1. The highest BCUT2D eigenvalue weighted by Gasteiger charge is 2.30. The SMILES string of the molecule is O=C([C@@H]1CCOc2ccccc2C1)N1CCN(c2ncc[nH]c2=O)CC1. The minimum Gasteiger partial charge on any atom is -0.493 e.